The highest BCUT2D eigenvalue weighted by Crippen LogP contribution is 2.46. The van der Waals surface area contributed by atoms with Crippen molar-refractivity contribution in [3.8, 4) is 22.2 Å². The Morgan fingerprint density at radius 3 is 2.56 bits per heavy atom. The summed E-state index contributed by atoms with van der Waals surface area (Å²) in [7, 11) is -2.33. The molecule has 4 aliphatic rings. The van der Waals surface area contributed by atoms with Crippen LogP contribution in [0.2, 0.25) is 0 Å². The van der Waals surface area contributed by atoms with Gasteiger partial charge < -0.3 is 25.0 Å². The fourth-order valence-electron chi connectivity index (χ4n) is 8.52. The van der Waals surface area contributed by atoms with E-state index in [1.165, 1.54) is 27.1 Å². The number of sulfonamides is 1. The highest BCUT2D eigenvalue weighted by Gasteiger charge is 2.62. The Bertz CT molecular complexity index is 2570. The van der Waals surface area contributed by atoms with Crippen molar-refractivity contribution in [2.75, 3.05) is 13.7 Å². The Hall–Kier alpha value is -5.43. The lowest BCUT2D eigenvalue weighted by molar-refractivity contribution is -0.141. The first kappa shape index (κ1) is 44.2. The van der Waals surface area contributed by atoms with Crippen LogP contribution in [0.4, 0.5) is 0 Å². The van der Waals surface area contributed by atoms with E-state index in [1.807, 2.05) is 56.5 Å². The van der Waals surface area contributed by atoms with E-state index in [0.29, 0.717) is 65.2 Å². The molecule has 0 radical (unpaired) electrons. The van der Waals surface area contributed by atoms with E-state index in [0.717, 1.165) is 24.1 Å². The van der Waals surface area contributed by atoms with E-state index >= 15 is 0 Å². The van der Waals surface area contributed by atoms with Crippen molar-refractivity contribution in [3.63, 3.8) is 0 Å². The summed E-state index contributed by atoms with van der Waals surface area (Å²) < 4.78 is 42.2. The van der Waals surface area contributed by atoms with Crippen LogP contribution < -0.4 is 24.8 Å². The first-order valence-electron chi connectivity index (χ1n) is 21.8. The molecule has 4 amide bonds. The first-order valence-corrected chi connectivity index (χ1v) is 24.2. The van der Waals surface area contributed by atoms with Gasteiger partial charge in [0.2, 0.25) is 21.8 Å². The van der Waals surface area contributed by atoms with Crippen LogP contribution in [0.5, 0.6) is 11.5 Å². The number of nitrogens with one attached hydrogen (secondary N) is 3. The molecule has 63 heavy (non-hydrogen) atoms. The highest BCUT2D eigenvalue weighted by molar-refractivity contribution is 7.91. The summed E-state index contributed by atoms with van der Waals surface area (Å²) >= 11 is 1.48. The van der Waals surface area contributed by atoms with E-state index in [9.17, 15) is 27.6 Å². The smallest absolute Gasteiger partial charge is 0.271 e. The van der Waals surface area contributed by atoms with E-state index in [2.05, 4.69) is 39.5 Å². The number of hydrogen-bond acceptors (Lipinski definition) is 13. The molecule has 3 aromatic heterocycles. The molecule has 2 aliphatic heterocycles. The molecule has 19 heteroatoms. The average molecular weight is 902 g/mol. The number of ether oxygens (including phenoxy) is 2. The third-order valence-electron chi connectivity index (χ3n) is 12.4. The van der Waals surface area contributed by atoms with Gasteiger partial charge in [0.15, 0.2) is 0 Å². The number of benzene rings is 1. The average Bonchev–Trinajstić information content (AvgIpc) is 4.00. The Morgan fingerprint density at radius 1 is 1.05 bits per heavy atom. The van der Waals surface area contributed by atoms with E-state index < -0.39 is 68.5 Å². The molecular weight excluding hydrogens is 847 g/mol. The molecule has 0 spiro atoms. The van der Waals surface area contributed by atoms with Crippen molar-refractivity contribution >= 4 is 55.9 Å². The summed E-state index contributed by atoms with van der Waals surface area (Å²) in [6, 6.07) is 3.18. The third kappa shape index (κ3) is 9.03. The van der Waals surface area contributed by atoms with Gasteiger partial charge >= 0.3 is 0 Å². The summed E-state index contributed by atoms with van der Waals surface area (Å²) in [6.45, 7) is 9.77. The molecule has 1 saturated heterocycles. The fraction of sp³-hybridized carbons (Fsp3) is 0.545. The zero-order valence-electron chi connectivity index (χ0n) is 36.4. The van der Waals surface area contributed by atoms with Crippen LogP contribution in [-0.4, -0.2) is 105 Å². The molecule has 2 aliphatic carbocycles. The van der Waals surface area contributed by atoms with Gasteiger partial charge in [-0.2, -0.15) is 0 Å². The largest absolute Gasteiger partial charge is 0.496 e. The number of hydrogen-bond donors (Lipinski definition) is 3. The van der Waals surface area contributed by atoms with Gasteiger partial charge in [0, 0.05) is 40.8 Å². The monoisotopic (exact) mass is 901 g/mol. The maximum atomic E-state index is 15.0. The summed E-state index contributed by atoms with van der Waals surface area (Å²) in [5.41, 5.74) is 1.62. The van der Waals surface area contributed by atoms with Crippen LogP contribution >= 0.6 is 11.3 Å². The van der Waals surface area contributed by atoms with Gasteiger partial charge in [-0.1, -0.05) is 44.1 Å². The lowest BCUT2D eigenvalue weighted by atomic mass is 10.0. The number of thiazole rings is 1. The molecule has 4 aromatic rings. The number of carbonyl (C=O) groups excluding carboxylic acids is 4. The minimum absolute atomic E-state index is 0.0314. The van der Waals surface area contributed by atoms with Gasteiger partial charge in [0.05, 0.1) is 36.3 Å². The summed E-state index contributed by atoms with van der Waals surface area (Å²) in [6.07, 6.45) is 8.71. The third-order valence-corrected chi connectivity index (χ3v) is 15.1. The molecule has 8 rings (SSSR count). The van der Waals surface area contributed by atoms with Gasteiger partial charge in [-0.3, -0.25) is 23.9 Å². The number of rotatable bonds is 11. The summed E-state index contributed by atoms with van der Waals surface area (Å²) in [5.74, 6) is -1.57. The number of aryl methyl sites for hydroxylation is 1. The number of amides is 4. The molecule has 336 valence electrons. The number of allylic oxidation sites excluding steroid dienone is 1. The van der Waals surface area contributed by atoms with E-state index in [1.54, 1.807) is 7.11 Å². The number of aromatic nitrogens is 5. The number of pyridine rings is 1. The van der Waals surface area contributed by atoms with Crippen LogP contribution in [0, 0.1) is 12.8 Å². The highest BCUT2D eigenvalue weighted by atomic mass is 32.2. The van der Waals surface area contributed by atoms with Gasteiger partial charge in [-0.15, -0.1) is 16.4 Å². The number of fused-ring (bicyclic) bond motifs is 3. The molecule has 3 fully saturated rings. The van der Waals surface area contributed by atoms with Crippen molar-refractivity contribution in [2.24, 2.45) is 5.92 Å². The second kappa shape index (κ2) is 17.6. The molecule has 5 atom stereocenters. The van der Waals surface area contributed by atoms with Crippen molar-refractivity contribution < 1.29 is 37.1 Å². The topological polar surface area (TPSA) is 217 Å². The number of carbonyl (C=O) groups is 4. The minimum Gasteiger partial charge on any atom is -0.496 e. The predicted molar refractivity (Wildman–Crippen MR) is 236 cm³/mol. The Morgan fingerprint density at radius 2 is 1.84 bits per heavy atom. The van der Waals surface area contributed by atoms with Crippen LogP contribution in [0.25, 0.3) is 21.6 Å². The quantitative estimate of drug-likeness (QED) is 0.167. The van der Waals surface area contributed by atoms with Crippen LogP contribution in [0.3, 0.4) is 0 Å². The Labute approximate surface area is 370 Å². The van der Waals surface area contributed by atoms with Gasteiger partial charge in [-0.25, -0.2) is 23.1 Å². The normalized spacial score (nSPS) is 24.9. The first-order chi connectivity index (χ1) is 30.1. The Kier molecular flexibility index (Phi) is 12.4. The SMILES string of the molecule is COc1ccc2c(O[C@@H]3C[C@H]4C(=O)N[C@]5(C(=O)NS(=O)(=O)C6CC6)C[C@H]5/C=C\CCCCC[C@H](NC(=O)c5cnnn5C(C)C)C(=O)N4C3)cc(-c3nc(C(C)C)cs3)nc2c1C. The second-order valence-electron chi connectivity index (χ2n) is 17.7. The molecular formula is C44H55N9O8S2. The van der Waals surface area contributed by atoms with Gasteiger partial charge in [0.25, 0.3) is 11.8 Å². The maximum absolute atomic E-state index is 15.0. The van der Waals surface area contributed by atoms with Gasteiger partial charge in [0.1, 0.15) is 51.6 Å². The fourth-order valence-corrected chi connectivity index (χ4v) is 10.8. The minimum atomic E-state index is -3.93. The van der Waals surface area contributed by atoms with Crippen molar-refractivity contribution in [2.45, 2.75) is 133 Å². The predicted octanol–water partition coefficient (Wildman–Crippen LogP) is 5.12. The molecule has 17 nitrogen and oxygen atoms in total. The molecule has 3 N–H and O–H groups in total. The van der Waals surface area contributed by atoms with Crippen LogP contribution in [0.1, 0.15) is 119 Å². The lowest BCUT2D eigenvalue weighted by Gasteiger charge is -2.30. The number of methoxy groups -OCH3 is 1. The lowest BCUT2D eigenvalue weighted by Crippen LogP contribution is -2.58. The molecule has 0 unspecified atom stereocenters. The van der Waals surface area contributed by atoms with Crippen molar-refractivity contribution in [1.82, 2.24) is 45.2 Å². The van der Waals surface area contributed by atoms with Crippen LogP contribution in [0.15, 0.2) is 41.9 Å². The van der Waals surface area contributed by atoms with Gasteiger partial charge in [-0.05, 0) is 77.3 Å². The summed E-state index contributed by atoms with van der Waals surface area (Å²) in [4.78, 5) is 68.8. The molecule has 1 aromatic carbocycles. The maximum Gasteiger partial charge on any atom is 0.271 e. The van der Waals surface area contributed by atoms with Crippen molar-refractivity contribution in [3.05, 3.63) is 58.9 Å². The molecule has 5 heterocycles. The molecule has 2 saturated carbocycles. The zero-order valence-corrected chi connectivity index (χ0v) is 38.1. The second-order valence-corrected chi connectivity index (χ2v) is 20.5. The van der Waals surface area contributed by atoms with E-state index in [-0.39, 0.29) is 37.0 Å². The van der Waals surface area contributed by atoms with E-state index in [4.69, 9.17) is 19.4 Å². The molecule has 0 bridgehead atoms. The zero-order chi connectivity index (χ0) is 44.8. The number of nitrogens with zero attached hydrogens (tertiary/aromatic N) is 6. The standard InChI is InChI=1S/C44H55N9O8S2/c1-24(2)33-23-62-41(48-33)32-19-37(30-16-17-36(60-6)26(5)38(30)46-32)61-28-18-34-40(55)49-44(43(57)50-63(58,59)29-14-15-29)20-27(44)12-10-8-7-9-11-13-31(42(56)52(34)22-28)47-39(54)35-21-45-51-53(35)25(3)4/h10,12,16-17,19,21,23-25,27-29,31,34H,7-9,11,13-15,18,20,22H2,1-6H3,(H,47,54)(H,49,55)(H,50,57)/b12-10-/t27-,28-,31+,34+,44-/m1/s1. The summed E-state index contributed by atoms with van der Waals surface area (Å²) in [5, 5.41) is 16.6. The van der Waals surface area contributed by atoms with Crippen molar-refractivity contribution in [1.29, 1.82) is 0 Å². The Balaban J connectivity index is 1.15. The van der Waals surface area contributed by atoms with Crippen LogP contribution in [-0.2, 0) is 24.4 Å².